The van der Waals surface area contributed by atoms with E-state index in [-0.39, 0.29) is 0 Å². The van der Waals surface area contributed by atoms with Gasteiger partial charge in [-0.25, -0.2) is 0 Å². The van der Waals surface area contributed by atoms with Crippen LogP contribution in [0.5, 0.6) is 0 Å². The molecule has 0 unspecified atom stereocenters. The number of halogens is 1. The van der Waals surface area contributed by atoms with Crippen LogP contribution in [0.2, 0.25) is 0 Å². The zero-order valence-electron chi connectivity index (χ0n) is 6.83. The lowest BCUT2D eigenvalue weighted by Crippen LogP contribution is -1.85. The smallest absolute Gasteiger partial charge is 0.199 e. The van der Waals surface area contributed by atoms with Gasteiger partial charge in [-0.05, 0) is 28.2 Å². The van der Waals surface area contributed by atoms with Crippen molar-refractivity contribution in [2.75, 3.05) is 5.73 Å². The van der Waals surface area contributed by atoms with Crippen molar-refractivity contribution in [3.05, 3.63) is 40.2 Å². The van der Waals surface area contributed by atoms with E-state index in [9.17, 15) is 0 Å². The molecule has 2 nitrogen and oxygen atoms in total. The van der Waals surface area contributed by atoms with Crippen LogP contribution >= 0.6 is 22.6 Å². The van der Waals surface area contributed by atoms with E-state index in [2.05, 4.69) is 22.6 Å². The summed E-state index contributed by atoms with van der Waals surface area (Å²) in [6.07, 6.45) is 1.66. The Labute approximate surface area is 89.9 Å². The highest BCUT2D eigenvalue weighted by molar-refractivity contribution is 14.1. The molecule has 0 bridgehead atoms. The van der Waals surface area contributed by atoms with E-state index in [4.69, 9.17) is 10.2 Å². The average Bonchev–Trinajstić information content (AvgIpc) is 2.48. The van der Waals surface area contributed by atoms with Crippen LogP contribution in [-0.4, -0.2) is 0 Å². The quantitative estimate of drug-likeness (QED) is 0.817. The minimum atomic E-state index is 0.482. The highest BCUT2D eigenvalue weighted by Crippen LogP contribution is 2.31. The van der Waals surface area contributed by atoms with E-state index < -0.39 is 0 Å². The second-order valence-corrected chi connectivity index (χ2v) is 3.85. The number of nitrogens with two attached hydrogens (primary N) is 1. The summed E-state index contributed by atoms with van der Waals surface area (Å²) in [5.41, 5.74) is 7.78. The lowest BCUT2D eigenvalue weighted by molar-refractivity contribution is 0.586. The molecule has 1 aromatic carbocycles. The third kappa shape index (κ3) is 1.56. The molecule has 0 radical (unpaired) electrons. The van der Waals surface area contributed by atoms with Crippen molar-refractivity contribution in [1.29, 1.82) is 0 Å². The molecular formula is C10H8INO. The number of hydrogen-bond donors (Lipinski definition) is 1. The summed E-state index contributed by atoms with van der Waals surface area (Å²) >= 11 is 2.21. The zero-order chi connectivity index (χ0) is 9.26. The van der Waals surface area contributed by atoms with Crippen LogP contribution in [0, 0.1) is 3.57 Å². The molecule has 2 N–H and O–H groups in total. The first-order valence-corrected chi connectivity index (χ1v) is 4.95. The summed E-state index contributed by atoms with van der Waals surface area (Å²) in [7, 11) is 0. The largest absolute Gasteiger partial charge is 0.447 e. The van der Waals surface area contributed by atoms with Crippen molar-refractivity contribution in [3.63, 3.8) is 0 Å². The van der Waals surface area contributed by atoms with Gasteiger partial charge in [0, 0.05) is 0 Å². The summed E-state index contributed by atoms with van der Waals surface area (Å²) in [5.74, 6) is 0.482. The number of benzene rings is 1. The van der Waals surface area contributed by atoms with E-state index in [0.29, 0.717) is 5.88 Å². The van der Waals surface area contributed by atoms with Crippen LogP contribution in [0.4, 0.5) is 5.88 Å². The van der Waals surface area contributed by atoms with Gasteiger partial charge in [-0.1, -0.05) is 30.3 Å². The molecule has 0 fully saturated rings. The SMILES string of the molecule is Nc1occ(I)c1-c1ccccc1. The monoisotopic (exact) mass is 285 g/mol. The Bertz CT molecular complexity index is 389. The van der Waals surface area contributed by atoms with Crippen molar-refractivity contribution >= 4 is 28.5 Å². The fraction of sp³-hybridized carbons (Fsp3) is 0. The molecule has 1 heterocycles. The van der Waals surface area contributed by atoms with Gasteiger partial charge in [0.2, 0.25) is 0 Å². The topological polar surface area (TPSA) is 39.2 Å². The molecule has 0 saturated carbocycles. The number of rotatable bonds is 1. The Morgan fingerprint density at radius 2 is 1.85 bits per heavy atom. The van der Waals surface area contributed by atoms with Crippen LogP contribution in [-0.2, 0) is 0 Å². The van der Waals surface area contributed by atoms with Gasteiger partial charge >= 0.3 is 0 Å². The predicted molar refractivity (Wildman–Crippen MR) is 61.3 cm³/mol. The number of hydrogen-bond acceptors (Lipinski definition) is 2. The highest BCUT2D eigenvalue weighted by Gasteiger charge is 2.09. The van der Waals surface area contributed by atoms with E-state index in [1.54, 1.807) is 6.26 Å². The molecule has 3 heteroatoms. The Morgan fingerprint density at radius 3 is 2.38 bits per heavy atom. The Balaban J connectivity index is 2.59. The second kappa shape index (κ2) is 3.41. The van der Waals surface area contributed by atoms with Gasteiger partial charge in [0.15, 0.2) is 5.88 Å². The van der Waals surface area contributed by atoms with Crippen molar-refractivity contribution < 1.29 is 4.42 Å². The van der Waals surface area contributed by atoms with Crippen LogP contribution in [0.3, 0.4) is 0 Å². The molecule has 2 aromatic rings. The Hall–Kier alpha value is -0.970. The first kappa shape index (κ1) is 8.62. The molecule has 13 heavy (non-hydrogen) atoms. The van der Waals surface area contributed by atoms with Crippen molar-refractivity contribution in [1.82, 2.24) is 0 Å². The molecule has 2 rings (SSSR count). The van der Waals surface area contributed by atoms with E-state index in [1.165, 1.54) is 0 Å². The van der Waals surface area contributed by atoms with Crippen molar-refractivity contribution in [2.45, 2.75) is 0 Å². The maximum Gasteiger partial charge on any atom is 0.199 e. The molecule has 1 aromatic heterocycles. The summed E-state index contributed by atoms with van der Waals surface area (Å²) < 4.78 is 6.16. The van der Waals surface area contributed by atoms with E-state index in [1.807, 2.05) is 30.3 Å². The minimum absolute atomic E-state index is 0.482. The molecular weight excluding hydrogens is 277 g/mol. The van der Waals surface area contributed by atoms with Crippen LogP contribution in [0.15, 0.2) is 41.0 Å². The second-order valence-electron chi connectivity index (χ2n) is 2.69. The first-order chi connectivity index (χ1) is 6.29. The summed E-state index contributed by atoms with van der Waals surface area (Å²) in [5, 5.41) is 0. The highest BCUT2D eigenvalue weighted by atomic mass is 127. The zero-order valence-corrected chi connectivity index (χ0v) is 8.99. The van der Waals surface area contributed by atoms with Gasteiger partial charge in [-0.2, -0.15) is 0 Å². The average molecular weight is 285 g/mol. The maximum absolute atomic E-state index is 5.70. The maximum atomic E-state index is 5.70. The lowest BCUT2D eigenvalue weighted by atomic mass is 10.1. The van der Waals surface area contributed by atoms with Gasteiger partial charge in [-0.15, -0.1) is 0 Å². The lowest BCUT2D eigenvalue weighted by Gasteiger charge is -1.98. The number of nitrogen functional groups attached to an aromatic ring is 1. The van der Waals surface area contributed by atoms with E-state index in [0.717, 1.165) is 14.7 Å². The van der Waals surface area contributed by atoms with Gasteiger partial charge < -0.3 is 10.2 Å². The van der Waals surface area contributed by atoms with Crippen LogP contribution in [0.1, 0.15) is 0 Å². The van der Waals surface area contributed by atoms with Crippen LogP contribution in [0.25, 0.3) is 11.1 Å². The van der Waals surface area contributed by atoms with Crippen molar-refractivity contribution in [2.24, 2.45) is 0 Å². The molecule has 0 amide bonds. The third-order valence-corrected chi connectivity index (χ3v) is 2.63. The third-order valence-electron chi connectivity index (χ3n) is 1.84. The Morgan fingerprint density at radius 1 is 1.15 bits per heavy atom. The minimum Gasteiger partial charge on any atom is -0.447 e. The molecule has 0 aliphatic carbocycles. The molecule has 0 aliphatic rings. The standard InChI is InChI=1S/C10H8INO/c11-8-6-13-10(12)9(8)7-4-2-1-3-5-7/h1-6H,12H2. The number of furan rings is 1. The summed E-state index contributed by atoms with van der Waals surface area (Å²) in [6.45, 7) is 0. The molecule has 0 aliphatic heterocycles. The first-order valence-electron chi connectivity index (χ1n) is 3.87. The predicted octanol–water partition coefficient (Wildman–Crippen LogP) is 3.13. The normalized spacial score (nSPS) is 10.2. The van der Waals surface area contributed by atoms with Gasteiger partial charge in [0.05, 0.1) is 9.13 Å². The molecule has 66 valence electrons. The van der Waals surface area contributed by atoms with Gasteiger partial charge in [-0.3, -0.25) is 0 Å². The van der Waals surface area contributed by atoms with Crippen LogP contribution < -0.4 is 5.73 Å². The van der Waals surface area contributed by atoms with Gasteiger partial charge in [0.1, 0.15) is 6.26 Å². The molecule has 0 saturated heterocycles. The Kier molecular flexibility index (Phi) is 2.26. The fourth-order valence-corrected chi connectivity index (χ4v) is 1.94. The summed E-state index contributed by atoms with van der Waals surface area (Å²) in [4.78, 5) is 0. The van der Waals surface area contributed by atoms with E-state index >= 15 is 0 Å². The molecule has 0 atom stereocenters. The fourth-order valence-electron chi connectivity index (χ4n) is 1.24. The van der Waals surface area contributed by atoms with Crippen molar-refractivity contribution in [3.8, 4) is 11.1 Å². The van der Waals surface area contributed by atoms with Gasteiger partial charge in [0.25, 0.3) is 0 Å². The molecule has 0 spiro atoms. The summed E-state index contributed by atoms with van der Waals surface area (Å²) in [6, 6.07) is 9.98. The number of anilines is 1.